The zero-order valence-electron chi connectivity index (χ0n) is 13.5. The van der Waals surface area contributed by atoms with Gasteiger partial charge in [-0.05, 0) is 89.4 Å². The van der Waals surface area contributed by atoms with Crippen molar-refractivity contribution < 1.29 is 17.1 Å². The van der Waals surface area contributed by atoms with Crippen molar-refractivity contribution in [2.75, 3.05) is 0 Å². The maximum absolute atomic E-state index is 4.66. The third kappa shape index (κ3) is 3.40. The number of nitrogens with zero attached hydrogens (tertiary/aromatic N) is 2. The molecular weight excluding hydrogens is 479 g/mol. The summed E-state index contributed by atoms with van der Waals surface area (Å²) in [6, 6.07) is 14.5. The molecule has 3 aromatic heterocycles. The topological polar surface area (TPSA) is 57.4 Å². The molecule has 26 heavy (non-hydrogen) atoms. The molecule has 0 saturated heterocycles. The molecule has 128 valence electrons. The number of halogens is 1. The van der Waals surface area contributed by atoms with Crippen LogP contribution in [0.3, 0.4) is 0 Å². The zero-order valence-corrected chi connectivity index (χ0v) is 16.7. The molecule has 0 radical (unpaired) electrons. The van der Waals surface area contributed by atoms with Crippen molar-refractivity contribution in [1.29, 1.82) is 0 Å². The first-order chi connectivity index (χ1) is 12.2. The van der Waals surface area contributed by atoms with Crippen molar-refractivity contribution in [3.05, 3.63) is 68.8 Å². The second kappa shape index (κ2) is 6.87. The molecule has 0 spiro atoms. The van der Waals surface area contributed by atoms with Gasteiger partial charge in [0.15, 0.2) is 0 Å². The number of hydrogen-bond donors (Lipinski definition) is 2. The Balaban J connectivity index is 0.00000168. The molecule has 0 atom stereocenters. The van der Waals surface area contributed by atoms with E-state index < -0.39 is 0 Å². The molecule has 4 nitrogen and oxygen atoms in total. The normalized spacial score (nSPS) is 12.2. The van der Waals surface area contributed by atoms with E-state index in [0.717, 1.165) is 44.8 Å². The molecule has 2 aliphatic heterocycles. The van der Waals surface area contributed by atoms with Crippen LogP contribution in [-0.2, 0) is 17.1 Å². The predicted molar refractivity (Wildman–Crippen MR) is 112 cm³/mol. The van der Waals surface area contributed by atoms with Crippen molar-refractivity contribution in [1.82, 2.24) is 19.9 Å². The number of H-pyrrole nitrogens is 2. The van der Waals surface area contributed by atoms with Crippen LogP contribution in [0.15, 0.2) is 42.5 Å². The Hall–Kier alpha value is -2.15. The molecular formula is C20H13FeIN4. The fourth-order valence-electron chi connectivity index (χ4n) is 2.98. The number of rotatable bonds is 0. The van der Waals surface area contributed by atoms with Gasteiger partial charge >= 0.3 is 0 Å². The minimum absolute atomic E-state index is 0. The maximum Gasteiger partial charge on any atom is 0.0659 e. The molecule has 0 unspecified atom stereocenters. The summed E-state index contributed by atoms with van der Waals surface area (Å²) in [5, 5.41) is 0. The molecule has 0 amide bonds. The van der Waals surface area contributed by atoms with E-state index in [-0.39, 0.29) is 17.1 Å². The Morgan fingerprint density at radius 1 is 0.615 bits per heavy atom. The third-order valence-electron chi connectivity index (χ3n) is 4.12. The zero-order chi connectivity index (χ0) is 16.8. The van der Waals surface area contributed by atoms with Gasteiger partial charge in [-0.3, -0.25) is 0 Å². The van der Waals surface area contributed by atoms with Crippen LogP contribution < -0.4 is 0 Å². The van der Waals surface area contributed by atoms with E-state index in [1.54, 1.807) is 0 Å². The van der Waals surface area contributed by atoms with E-state index in [9.17, 15) is 0 Å². The molecule has 2 aliphatic rings. The first-order valence-electron chi connectivity index (χ1n) is 7.95. The number of aromatic amines is 2. The van der Waals surface area contributed by atoms with Gasteiger partial charge < -0.3 is 9.97 Å². The number of nitrogens with one attached hydrogen (secondary N) is 2. The number of aromatic nitrogens is 4. The summed E-state index contributed by atoms with van der Waals surface area (Å²) < 4.78 is 1.17. The first kappa shape index (κ1) is 17.3. The Morgan fingerprint density at radius 3 is 1.88 bits per heavy atom. The summed E-state index contributed by atoms with van der Waals surface area (Å²) in [6.45, 7) is 0. The number of fused-ring (bicyclic) bond motifs is 8. The molecule has 8 bridgehead atoms. The average molecular weight is 492 g/mol. The Labute approximate surface area is 174 Å². The fourth-order valence-corrected chi connectivity index (χ4v) is 3.61. The van der Waals surface area contributed by atoms with Crippen LogP contribution in [0.4, 0.5) is 0 Å². The Morgan fingerprint density at radius 2 is 1.19 bits per heavy atom. The van der Waals surface area contributed by atoms with Gasteiger partial charge in [-0.15, -0.1) is 0 Å². The van der Waals surface area contributed by atoms with Crippen molar-refractivity contribution >= 4 is 69.0 Å². The largest absolute Gasteiger partial charge is 0.355 e. The minimum Gasteiger partial charge on any atom is -0.355 e. The van der Waals surface area contributed by atoms with Crippen molar-refractivity contribution in [2.24, 2.45) is 0 Å². The summed E-state index contributed by atoms with van der Waals surface area (Å²) in [5.41, 5.74) is 7.90. The molecule has 0 saturated carbocycles. The third-order valence-corrected chi connectivity index (χ3v) is 5.01. The van der Waals surface area contributed by atoms with Crippen molar-refractivity contribution in [3.8, 4) is 0 Å². The van der Waals surface area contributed by atoms with E-state index in [1.807, 2.05) is 36.4 Å². The molecule has 3 aromatic rings. The fraction of sp³-hybridized carbons (Fsp3) is 0. The van der Waals surface area contributed by atoms with Crippen LogP contribution in [0, 0.1) is 3.57 Å². The predicted octanol–water partition coefficient (Wildman–Crippen LogP) is 5.26. The molecule has 2 N–H and O–H groups in total. The molecule has 0 aromatic carbocycles. The van der Waals surface area contributed by atoms with Crippen LogP contribution in [0.2, 0.25) is 0 Å². The van der Waals surface area contributed by atoms with E-state index in [2.05, 4.69) is 72.9 Å². The van der Waals surface area contributed by atoms with Gasteiger partial charge in [-0.2, -0.15) is 0 Å². The Bertz CT molecular complexity index is 1220. The van der Waals surface area contributed by atoms with Crippen molar-refractivity contribution in [2.45, 2.75) is 0 Å². The minimum atomic E-state index is 0. The smallest absolute Gasteiger partial charge is 0.0659 e. The summed E-state index contributed by atoms with van der Waals surface area (Å²) >= 11 is 2.35. The molecule has 6 heteroatoms. The van der Waals surface area contributed by atoms with Crippen LogP contribution in [0.25, 0.3) is 46.4 Å². The van der Waals surface area contributed by atoms with Crippen LogP contribution >= 0.6 is 22.6 Å². The van der Waals surface area contributed by atoms with Gasteiger partial charge in [-0.25, -0.2) is 9.97 Å². The van der Waals surface area contributed by atoms with Gasteiger partial charge in [0.25, 0.3) is 0 Å². The van der Waals surface area contributed by atoms with Gasteiger partial charge in [0.2, 0.25) is 0 Å². The van der Waals surface area contributed by atoms with E-state index >= 15 is 0 Å². The number of hydrogen-bond acceptors (Lipinski definition) is 2. The van der Waals surface area contributed by atoms with E-state index in [4.69, 9.17) is 0 Å². The van der Waals surface area contributed by atoms with Crippen LogP contribution in [0.1, 0.15) is 22.8 Å². The van der Waals surface area contributed by atoms with E-state index in [0.29, 0.717) is 0 Å². The average Bonchev–Trinajstić information content (AvgIpc) is 3.33. The SMILES string of the molecule is Ic1cc2cc3ccc(cc4nc(cc5nc(cc1[nH]2)C=C5)C=C4)[nH]3.[Fe]. The van der Waals surface area contributed by atoms with Crippen molar-refractivity contribution in [3.63, 3.8) is 0 Å². The maximum atomic E-state index is 4.66. The van der Waals surface area contributed by atoms with Gasteiger partial charge in [0.05, 0.1) is 28.3 Å². The quantitative estimate of drug-likeness (QED) is 0.229. The van der Waals surface area contributed by atoms with Crippen LogP contribution in [0.5, 0.6) is 0 Å². The van der Waals surface area contributed by atoms with Gasteiger partial charge in [0.1, 0.15) is 0 Å². The second-order valence-corrected chi connectivity index (χ2v) is 7.18. The molecule has 0 fully saturated rings. The summed E-state index contributed by atoms with van der Waals surface area (Å²) in [4.78, 5) is 16.1. The summed E-state index contributed by atoms with van der Waals surface area (Å²) in [5.74, 6) is 0. The second-order valence-electron chi connectivity index (χ2n) is 6.02. The Kier molecular flexibility index (Phi) is 4.56. The van der Waals surface area contributed by atoms with Crippen LogP contribution in [-0.4, -0.2) is 19.9 Å². The van der Waals surface area contributed by atoms with E-state index in [1.165, 1.54) is 3.57 Å². The molecule has 0 aliphatic carbocycles. The molecule has 5 heterocycles. The van der Waals surface area contributed by atoms with Gasteiger partial charge in [0, 0.05) is 37.2 Å². The standard InChI is InChI=1S/C20H13IN4.Fe/c21-19-10-18-9-16-4-3-14(23-16)7-12-1-2-13(22-12)8-15-5-6-17(24-15)11-20(19)25-18;/h1-11,23,25H;. The monoisotopic (exact) mass is 492 g/mol. The summed E-state index contributed by atoms with van der Waals surface area (Å²) in [7, 11) is 0. The van der Waals surface area contributed by atoms with Gasteiger partial charge in [-0.1, -0.05) is 0 Å². The first-order valence-corrected chi connectivity index (χ1v) is 9.03. The summed E-state index contributed by atoms with van der Waals surface area (Å²) in [6.07, 6.45) is 8.07. The molecule has 5 rings (SSSR count).